The van der Waals surface area contributed by atoms with Crippen LogP contribution >= 0.6 is 0 Å². The molecular weight excluding hydrogens is 279 g/mol. The normalized spacial score (nSPS) is 18.2. The molecule has 8 heteroatoms. The molecule has 0 aromatic heterocycles. The lowest BCUT2D eigenvalue weighted by Crippen LogP contribution is -2.42. The van der Waals surface area contributed by atoms with Gasteiger partial charge in [0.25, 0.3) is 0 Å². The third kappa shape index (κ3) is 2.90. The van der Waals surface area contributed by atoms with Crippen LogP contribution in [0.25, 0.3) is 0 Å². The maximum absolute atomic E-state index is 12.2. The monoisotopic (exact) mass is 289 g/mol. The second kappa shape index (κ2) is 5.12. The van der Waals surface area contributed by atoms with Gasteiger partial charge in [-0.2, -0.15) is 13.2 Å². The summed E-state index contributed by atoms with van der Waals surface area (Å²) in [5, 5.41) is 10.7. The van der Waals surface area contributed by atoms with Crippen LogP contribution in [0.5, 0.6) is 0 Å². The molecule has 1 heterocycles. The number of amides is 1. The lowest BCUT2D eigenvalue weighted by Gasteiger charge is -2.27. The maximum Gasteiger partial charge on any atom is 0.471 e. The second-order valence-electron chi connectivity index (χ2n) is 4.26. The molecule has 1 aromatic rings. The summed E-state index contributed by atoms with van der Waals surface area (Å²) in [6.45, 7) is -0.00389. The number of rotatable bonds is 2. The van der Waals surface area contributed by atoms with Gasteiger partial charge in [-0.3, -0.25) is 4.79 Å². The summed E-state index contributed by atoms with van der Waals surface area (Å²) in [6, 6.07) is 3.04. The molecule has 2 rings (SSSR count). The van der Waals surface area contributed by atoms with E-state index < -0.39 is 24.1 Å². The van der Waals surface area contributed by atoms with Crippen LogP contribution in [0.4, 0.5) is 13.2 Å². The number of carboxylic acids is 1. The van der Waals surface area contributed by atoms with Crippen LogP contribution in [0.15, 0.2) is 18.2 Å². The van der Waals surface area contributed by atoms with E-state index >= 15 is 0 Å². The highest BCUT2D eigenvalue weighted by Crippen LogP contribution is 2.27. The van der Waals surface area contributed by atoms with Crippen molar-refractivity contribution in [3.63, 3.8) is 0 Å². The van der Waals surface area contributed by atoms with Gasteiger partial charge in [0.15, 0.2) is 0 Å². The summed E-state index contributed by atoms with van der Waals surface area (Å²) in [6.07, 6.45) is -4.97. The topological polar surface area (TPSA) is 75.6 Å². The average molecular weight is 289 g/mol. The van der Waals surface area contributed by atoms with E-state index in [0.29, 0.717) is 11.1 Å². The molecule has 0 saturated carbocycles. The van der Waals surface area contributed by atoms with Gasteiger partial charge in [-0.1, -0.05) is 6.07 Å². The highest BCUT2D eigenvalue weighted by atomic mass is 19.4. The van der Waals surface area contributed by atoms with Crippen molar-refractivity contribution in [2.24, 2.45) is 0 Å². The average Bonchev–Trinajstić information content (AvgIpc) is 2.37. The number of hydrogen-bond donors (Lipinski definition) is 2. The van der Waals surface area contributed by atoms with E-state index in [1.54, 1.807) is 0 Å². The molecule has 1 amide bonds. The predicted molar refractivity (Wildman–Crippen MR) is 60.0 cm³/mol. The minimum Gasteiger partial charge on any atom is -0.478 e. The Hall–Kier alpha value is -2.09. The van der Waals surface area contributed by atoms with Gasteiger partial charge in [-0.15, -0.1) is 0 Å². The Morgan fingerprint density at radius 2 is 2.05 bits per heavy atom. The molecular formula is C12H10F3NO4. The number of hydrogen-bond acceptors (Lipinski definition) is 3. The number of fused-ring (bicyclic) bond motifs is 1. The Labute approximate surface area is 111 Å². The van der Waals surface area contributed by atoms with E-state index in [9.17, 15) is 22.8 Å². The van der Waals surface area contributed by atoms with Gasteiger partial charge >= 0.3 is 18.1 Å². The van der Waals surface area contributed by atoms with Gasteiger partial charge in [0.2, 0.25) is 0 Å². The van der Waals surface area contributed by atoms with E-state index in [2.05, 4.69) is 0 Å². The number of ether oxygens (including phenoxy) is 1. The van der Waals surface area contributed by atoms with Gasteiger partial charge in [0, 0.05) is 0 Å². The molecule has 0 unspecified atom stereocenters. The Morgan fingerprint density at radius 3 is 2.65 bits per heavy atom. The summed E-state index contributed by atoms with van der Waals surface area (Å²) in [7, 11) is 0. The molecule has 1 aliphatic rings. The minimum absolute atomic E-state index is 0.00940. The number of carbonyl (C=O) groups is 2. The number of aromatic carboxylic acids is 1. The van der Waals surface area contributed by atoms with E-state index in [0.717, 1.165) is 0 Å². The number of halogens is 3. The van der Waals surface area contributed by atoms with Gasteiger partial charge in [-0.25, -0.2) is 4.79 Å². The van der Waals surface area contributed by atoms with Gasteiger partial charge in [0.1, 0.15) is 0 Å². The van der Waals surface area contributed by atoms with E-state index in [1.807, 2.05) is 5.32 Å². The summed E-state index contributed by atoms with van der Waals surface area (Å²) >= 11 is 0. The first-order chi connectivity index (χ1) is 9.29. The molecule has 0 fully saturated rings. The van der Waals surface area contributed by atoms with Crippen molar-refractivity contribution in [2.75, 3.05) is 6.61 Å². The van der Waals surface area contributed by atoms with Crippen molar-refractivity contribution in [3.05, 3.63) is 34.9 Å². The Kier molecular flexibility index (Phi) is 3.67. The fourth-order valence-electron chi connectivity index (χ4n) is 1.94. The molecule has 2 N–H and O–H groups in total. The molecule has 5 nitrogen and oxygen atoms in total. The summed E-state index contributed by atoms with van der Waals surface area (Å²) < 4.78 is 41.7. The van der Waals surface area contributed by atoms with E-state index in [4.69, 9.17) is 9.84 Å². The van der Waals surface area contributed by atoms with Crippen LogP contribution in [-0.2, 0) is 16.1 Å². The Balaban J connectivity index is 2.25. The third-order valence-electron chi connectivity index (χ3n) is 2.87. The molecule has 0 saturated heterocycles. The molecule has 0 radical (unpaired) electrons. The number of carbonyl (C=O) groups excluding carboxylic acids is 1. The molecule has 1 aromatic carbocycles. The molecule has 0 bridgehead atoms. The molecule has 1 atom stereocenters. The number of alkyl halides is 3. The Bertz CT molecular complexity index is 556. The van der Waals surface area contributed by atoms with Crippen molar-refractivity contribution in [2.45, 2.75) is 18.8 Å². The Morgan fingerprint density at radius 1 is 1.35 bits per heavy atom. The lowest BCUT2D eigenvalue weighted by molar-refractivity contribution is -0.175. The van der Waals surface area contributed by atoms with E-state index in [-0.39, 0.29) is 18.8 Å². The van der Waals surface area contributed by atoms with Gasteiger partial charge in [0.05, 0.1) is 24.8 Å². The number of nitrogens with one attached hydrogen (secondary N) is 1. The quantitative estimate of drug-likeness (QED) is 0.867. The highest BCUT2D eigenvalue weighted by Gasteiger charge is 2.40. The lowest BCUT2D eigenvalue weighted by atomic mass is 9.96. The van der Waals surface area contributed by atoms with Crippen molar-refractivity contribution < 1.29 is 32.6 Å². The smallest absolute Gasteiger partial charge is 0.471 e. The first-order valence-electron chi connectivity index (χ1n) is 5.60. The van der Waals surface area contributed by atoms with Crippen LogP contribution in [-0.4, -0.2) is 29.8 Å². The molecule has 108 valence electrons. The fourth-order valence-corrected chi connectivity index (χ4v) is 1.94. The first kappa shape index (κ1) is 14.3. The first-order valence-corrected chi connectivity index (χ1v) is 5.60. The summed E-state index contributed by atoms with van der Waals surface area (Å²) in [5.41, 5.74) is 0.887. The third-order valence-corrected chi connectivity index (χ3v) is 2.87. The fraction of sp³-hybridized carbons (Fsp3) is 0.333. The molecule has 0 aliphatic carbocycles. The maximum atomic E-state index is 12.2. The zero-order chi connectivity index (χ0) is 14.9. The zero-order valence-electron chi connectivity index (χ0n) is 10.0. The minimum atomic E-state index is -4.97. The van der Waals surface area contributed by atoms with Crippen molar-refractivity contribution in [1.82, 2.24) is 5.32 Å². The largest absolute Gasteiger partial charge is 0.478 e. The van der Waals surface area contributed by atoms with Crippen LogP contribution in [0.2, 0.25) is 0 Å². The standard InChI is InChI=1S/C12H10F3NO4/c13-12(14,15)11(19)16-9-5-20-4-7-3-6(10(17)18)1-2-8(7)9/h1-3,9H,4-5H2,(H,16,19)(H,17,18)/t9-/m1/s1. The predicted octanol–water partition coefficient (Wildman–Crippen LogP) is 1.63. The summed E-state index contributed by atoms with van der Waals surface area (Å²) in [4.78, 5) is 21.8. The van der Waals surface area contributed by atoms with Gasteiger partial charge in [-0.05, 0) is 23.3 Å². The van der Waals surface area contributed by atoms with E-state index in [1.165, 1.54) is 18.2 Å². The molecule has 1 aliphatic heterocycles. The molecule has 20 heavy (non-hydrogen) atoms. The van der Waals surface area contributed by atoms with Crippen LogP contribution in [0, 0.1) is 0 Å². The van der Waals surface area contributed by atoms with Crippen molar-refractivity contribution in [3.8, 4) is 0 Å². The number of carboxylic acid groups (broad SMARTS) is 1. The van der Waals surface area contributed by atoms with Crippen molar-refractivity contribution in [1.29, 1.82) is 0 Å². The highest BCUT2D eigenvalue weighted by molar-refractivity contribution is 5.88. The van der Waals surface area contributed by atoms with Crippen LogP contribution in [0.3, 0.4) is 0 Å². The summed E-state index contributed by atoms with van der Waals surface area (Å²) in [5.74, 6) is -3.20. The SMILES string of the molecule is O=C(O)c1ccc2c(c1)COC[C@H]2NC(=O)C(F)(F)F. The second-order valence-corrected chi connectivity index (χ2v) is 4.26. The number of benzene rings is 1. The molecule has 0 spiro atoms. The van der Waals surface area contributed by atoms with Crippen LogP contribution in [0.1, 0.15) is 27.5 Å². The zero-order valence-corrected chi connectivity index (χ0v) is 10.0. The van der Waals surface area contributed by atoms with Gasteiger partial charge < -0.3 is 15.2 Å². The van der Waals surface area contributed by atoms with Crippen LogP contribution < -0.4 is 5.32 Å². The van der Waals surface area contributed by atoms with Crippen molar-refractivity contribution >= 4 is 11.9 Å².